The van der Waals surface area contributed by atoms with Crippen LogP contribution in [0.15, 0.2) is 73.1 Å². The highest BCUT2D eigenvalue weighted by Crippen LogP contribution is 2.38. The lowest BCUT2D eigenvalue weighted by Gasteiger charge is -2.22. The van der Waals surface area contributed by atoms with Gasteiger partial charge in [-0.3, -0.25) is 9.78 Å². The Bertz CT molecular complexity index is 1060. The predicted octanol–water partition coefficient (Wildman–Crippen LogP) is 4.79. The van der Waals surface area contributed by atoms with E-state index in [0.29, 0.717) is 42.8 Å². The van der Waals surface area contributed by atoms with Crippen LogP contribution in [0, 0.1) is 0 Å². The number of ether oxygens (including phenoxy) is 2. The maximum atomic E-state index is 13.0. The zero-order valence-corrected chi connectivity index (χ0v) is 17.8. The molecule has 2 aromatic carbocycles. The molecule has 6 heteroatoms. The van der Waals surface area contributed by atoms with Crippen LogP contribution in [0.2, 0.25) is 5.02 Å². The maximum absolute atomic E-state index is 13.0. The number of rotatable bonds is 7. The Hall–Kier alpha value is -3.31. The standard InChI is InChI=1S/C25H23ClN2O3/c26-22-15-20(16-23-25(22)31-14-13-30-23)8-9-24(29)28(18-21-7-4-11-27-17-21)12-10-19-5-2-1-3-6-19/h1-9,11,15-17H,10,12-14,18H2. The number of benzene rings is 2. The van der Waals surface area contributed by atoms with Gasteiger partial charge < -0.3 is 14.4 Å². The molecule has 1 aromatic heterocycles. The lowest BCUT2D eigenvalue weighted by atomic mass is 10.1. The van der Waals surface area contributed by atoms with Crippen molar-refractivity contribution in [3.8, 4) is 11.5 Å². The molecule has 0 unspecified atom stereocenters. The Balaban J connectivity index is 1.50. The average Bonchev–Trinajstić information content (AvgIpc) is 2.81. The Morgan fingerprint density at radius 3 is 2.68 bits per heavy atom. The Morgan fingerprint density at radius 2 is 1.87 bits per heavy atom. The molecule has 0 saturated carbocycles. The molecule has 0 aliphatic carbocycles. The maximum Gasteiger partial charge on any atom is 0.246 e. The molecule has 0 atom stereocenters. The third-order valence-electron chi connectivity index (χ3n) is 4.96. The van der Waals surface area contributed by atoms with E-state index in [0.717, 1.165) is 17.5 Å². The molecule has 3 aromatic rings. The van der Waals surface area contributed by atoms with Crippen molar-refractivity contribution in [2.75, 3.05) is 19.8 Å². The lowest BCUT2D eigenvalue weighted by molar-refractivity contribution is -0.126. The van der Waals surface area contributed by atoms with E-state index >= 15 is 0 Å². The van der Waals surface area contributed by atoms with E-state index < -0.39 is 0 Å². The van der Waals surface area contributed by atoms with Crippen LogP contribution in [-0.4, -0.2) is 35.5 Å². The second-order valence-corrected chi connectivity index (χ2v) is 7.62. The molecule has 1 amide bonds. The highest BCUT2D eigenvalue weighted by atomic mass is 35.5. The first kappa shape index (κ1) is 20.9. The Labute approximate surface area is 186 Å². The van der Waals surface area contributed by atoms with Crippen molar-refractivity contribution in [2.45, 2.75) is 13.0 Å². The molecule has 0 radical (unpaired) electrons. The van der Waals surface area contributed by atoms with Gasteiger partial charge in [-0.25, -0.2) is 0 Å². The van der Waals surface area contributed by atoms with Gasteiger partial charge in [-0.2, -0.15) is 0 Å². The zero-order valence-electron chi connectivity index (χ0n) is 17.0. The molecule has 158 valence electrons. The number of amides is 1. The Morgan fingerprint density at radius 1 is 1.06 bits per heavy atom. The minimum absolute atomic E-state index is 0.0780. The molecule has 1 aliphatic rings. The molecular weight excluding hydrogens is 412 g/mol. The van der Waals surface area contributed by atoms with Gasteiger partial charge in [-0.1, -0.05) is 48.0 Å². The first-order valence-corrected chi connectivity index (χ1v) is 10.6. The minimum atomic E-state index is -0.0780. The number of nitrogens with zero attached hydrogens (tertiary/aromatic N) is 2. The van der Waals surface area contributed by atoms with E-state index in [1.807, 2.05) is 41.3 Å². The summed E-state index contributed by atoms with van der Waals surface area (Å²) in [5, 5.41) is 0.473. The summed E-state index contributed by atoms with van der Waals surface area (Å²) in [5.41, 5.74) is 2.96. The number of carbonyl (C=O) groups excluding carboxylic acids is 1. The van der Waals surface area contributed by atoms with Crippen LogP contribution in [0.4, 0.5) is 0 Å². The average molecular weight is 435 g/mol. The smallest absolute Gasteiger partial charge is 0.246 e. The summed E-state index contributed by atoms with van der Waals surface area (Å²) in [6, 6.07) is 17.6. The van der Waals surface area contributed by atoms with E-state index in [9.17, 15) is 4.79 Å². The number of fused-ring (bicyclic) bond motifs is 1. The van der Waals surface area contributed by atoms with E-state index in [2.05, 4.69) is 17.1 Å². The van der Waals surface area contributed by atoms with Gasteiger partial charge in [0.2, 0.25) is 5.91 Å². The zero-order chi connectivity index (χ0) is 21.5. The lowest BCUT2D eigenvalue weighted by Crippen LogP contribution is -2.31. The van der Waals surface area contributed by atoms with Gasteiger partial charge in [-0.05, 0) is 47.4 Å². The summed E-state index contributed by atoms with van der Waals surface area (Å²) in [6.07, 6.45) is 7.61. The van der Waals surface area contributed by atoms with Crippen molar-refractivity contribution in [1.29, 1.82) is 0 Å². The highest BCUT2D eigenvalue weighted by Gasteiger charge is 2.16. The van der Waals surface area contributed by atoms with Gasteiger partial charge in [0.1, 0.15) is 13.2 Å². The van der Waals surface area contributed by atoms with Gasteiger partial charge >= 0.3 is 0 Å². The van der Waals surface area contributed by atoms with Gasteiger partial charge in [0.15, 0.2) is 11.5 Å². The summed E-state index contributed by atoms with van der Waals surface area (Å²) in [6.45, 7) is 2.05. The fraction of sp³-hybridized carbons (Fsp3) is 0.200. The molecule has 0 spiro atoms. The predicted molar refractivity (Wildman–Crippen MR) is 121 cm³/mol. The van der Waals surface area contributed by atoms with Crippen molar-refractivity contribution >= 4 is 23.6 Å². The highest BCUT2D eigenvalue weighted by molar-refractivity contribution is 6.32. The molecule has 4 rings (SSSR count). The van der Waals surface area contributed by atoms with Crippen LogP contribution in [0.25, 0.3) is 6.08 Å². The molecule has 0 bridgehead atoms. The van der Waals surface area contributed by atoms with Crippen LogP contribution in [0.1, 0.15) is 16.7 Å². The molecule has 1 aliphatic heterocycles. The van der Waals surface area contributed by atoms with E-state index in [1.54, 1.807) is 30.6 Å². The summed E-state index contributed by atoms with van der Waals surface area (Å²) < 4.78 is 11.2. The summed E-state index contributed by atoms with van der Waals surface area (Å²) in [5.74, 6) is 1.07. The fourth-order valence-electron chi connectivity index (χ4n) is 3.39. The molecule has 0 saturated heterocycles. The number of pyridine rings is 1. The molecule has 0 N–H and O–H groups in total. The number of hydrogen-bond donors (Lipinski definition) is 0. The molecule has 0 fully saturated rings. The third kappa shape index (κ3) is 5.64. The molecule has 2 heterocycles. The summed E-state index contributed by atoms with van der Waals surface area (Å²) in [4.78, 5) is 19.0. The van der Waals surface area contributed by atoms with E-state index in [-0.39, 0.29) is 5.91 Å². The van der Waals surface area contributed by atoms with Crippen LogP contribution in [0.3, 0.4) is 0 Å². The van der Waals surface area contributed by atoms with Crippen molar-refractivity contribution in [1.82, 2.24) is 9.88 Å². The SMILES string of the molecule is O=C(C=Cc1cc(Cl)c2c(c1)OCCO2)N(CCc1ccccc1)Cc1cccnc1. The monoisotopic (exact) mass is 434 g/mol. The number of halogens is 1. The van der Waals surface area contributed by atoms with Crippen molar-refractivity contribution in [2.24, 2.45) is 0 Å². The number of carbonyl (C=O) groups is 1. The van der Waals surface area contributed by atoms with Crippen LogP contribution in [0.5, 0.6) is 11.5 Å². The van der Waals surface area contributed by atoms with Gasteiger partial charge in [0.05, 0.1) is 5.02 Å². The number of hydrogen-bond acceptors (Lipinski definition) is 4. The van der Waals surface area contributed by atoms with Crippen molar-refractivity contribution in [3.05, 3.63) is 94.8 Å². The first-order valence-electron chi connectivity index (χ1n) is 10.2. The van der Waals surface area contributed by atoms with Crippen molar-refractivity contribution < 1.29 is 14.3 Å². The molecule has 31 heavy (non-hydrogen) atoms. The normalized spacial score (nSPS) is 12.7. The topological polar surface area (TPSA) is 51.7 Å². The fourth-order valence-corrected chi connectivity index (χ4v) is 3.66. The van der Waals surface area contributed by atoms with Gasteiger partial charge in [0.25, 0.3) is 0 Å². The minimum Gasteiger partial charge on any atom is -0.486 e. The number of aromatic nitrogens is 1. The van der Waals surface area contributed by atoms with Crippen LogP contribution < -0.4 is 9.47 Å². The molecule has 5 nitrogen and oxygen atoms in total. The van der Waals surface area contributed by atoms with Crippen LogP contribution in [-0.2, 0) is 17.8 Å². The Kier molecular flexibility index (Phi) is 6.85. The van der Waals surface area contributed by atoms with Gasteiger partial charge in [0, 0.05) is 31.6 Å². The first-order chi connectivity index (χ1) is 15.2. The van der Waals surface area contributed by atoms with E-state index in [4.69, 9.17) is 21.1 Å². The quantitative estimate of drug-likeness (QED) is 0.501. The largest absolute Gasteiger partial charge is 0.486 e. The second kappa shape index (κ2) is 10.1. The van der Waals surface area contributed by atoms with Gasteiger partial charge in [-0.15, -0.1) is 0 Å². The summed E-state index contributed by atoms with van der Waals surface area (Å²) in [7, 11) is 0. The van der Waals surface area contributed by atoms with Crippen LogP contribution >= 0.6 is 11.6 Å². The van der Waals surface area contributed by atoms with E-state index in [1.165, 1.54) is 5.56 Å². The third-order valence-corrected chi connectivity index (χ3v) is 5.24. The second-order valence-electron chi connectivity index (χ2n) is 7.22. The summed E-state index contributed by atoms with van der Waals surface area (Å²) >= 11 is 6.31. The van der Waals surface area contributed by atoms with Crippen molar-refractivity contribution in [3.63, 3.8) is 0 Å². The molecular formula is C25H23ClN2O3.